The zero-order valence-corrected chi connectivity index (χ0v) is 10.5. The van der Waals surface area contributed by atoms with E-state index in [1.54, 1.807) is 14.0 Å². The van der Waals surface area contributed by atoms with E-state index in [1.165, 1.54) is 0 Å². The van der Waals surface area contributed by atoms with E-state index in [2.05, 4.69) is 10.6 Å². The molecule has 5 heteroatoms. The number of rotatable bonds is 4. The highest BCUT2D eigenvalue weighted by molar-refractivity contribution is 5.82. The average Bonchev–Trinajstić information content (AvgIpc) is 2.53. The van der Waals surface area contributed by atoms with Crippen LogP contribution >= 0.6 is 0 Å². The molecule has 98 valence electrons. The van der Waals surface area contributed by atoms with E-state index in [9.17, 15) is 14.7 Å². The van der Waals surface area contributed by atoms with Gasteiger partial charge in [-0.05, 0) is 26.8 Å². The Morgan fingerprint density at radius 1 is 1.24 bits per heavy atom. The molecule has 0 heterocycles. The standard InChI is InChI=1S/C12H22N2O3/c1-8(13-2)11(15)14-10-7-5-3-4-6-9(10)12(16)17/h8-10,13H,3-7H2,1-2H3,(H,14,15)(H,16,17). The first kappa shape index (κ1) is 14.0. The van der Waals surface area contributed by atoms with Gasteiger partial charge in [-0.25, -0.2) is 0 Å². The maximum absolute atomic E-state index is 11.8. The molecule has 0 bridgehead atoms. The van der Waals surface area contributed by atoms with Crippen molar-refractivity contribution in [1.82, 2.24) is 10.6 Å². The Bertz CT molecular complexity index is 281. The zero-order valence-electron chi connectivity index (χ0n) is 10.5. The van der Waals surface area contributed by atoms with E-state index in [0.717, 1.165) is 25.7 Å². The van der Waals surface area contributed by atoms with E-state index in [1.807, 2.05) is 0 Å². The molecule has 17 heavy (non-hydrogen) atoms. The van der Waals surface area contributed by atoms with Gasteiger partial charge in [0, 0.05) is 6.04 Å². The lowest BCUT2D eigenvalue weighted by Crippen LogP contribution is -2.49. The third-order valence-corrected chi connectivity index (χ3v) is 3.49. The number of carboxylic acids is 1. The van der Waals surface area contributed by atoms with Gasteiger partial charge in [0.25, 0.3) is 0 Å². The number of carbonyl (C=O) groups excluding carboxylic acids is 1. The predicted octanol–water partition coefficient (Wildman–Crippen LogP) is 0.744. The SMILES string of the molecule is CNC(C)C(=O)NC1CCCCCC1C(=O)O. The molecule has 0 aromatic rings. The highest BCUT2D eigenvalue weighted by atomic mass is 16.4. The van der Waals surface area contributed by atoms with E-state index in [0.29, 0.717) is 6.42 Å². The number of carboxylic acid groups (broad SMARTS) is 1. The molecule has 3 N–H and O–H groups in total. The topological polar surface area (TPSA) is 78.4 Å². The fraction of sp³-hybridized carbons (Fsp3) is 0.833. The number of nitrogens with one attached hydrogen (secondary N) is 2. The molecular formula is C12H22N2O3. The van der Waals surface area contributed by atoms with Crippen LogP contribution in [-0.2, 0) is 9.59 Å². The summed E-state index contributed by atoms with van der Waals surface area (Å²) in [6.07, 6.45) is 4.40. The molecule has 0 aromatic heterocycles. The van der Waals surface area contributed by atoms with Crippen LogP contribution in [0.15, 0.2) is 0 Å². The number of likely N-dealkylation sites (N-methyl/N-ethyl adjacent to an activating group) is 1. The molecule has 1 aliphatic rings. The van der Waals surface area contributed by atoms with Crippen LogP contribution in [0.25, 0.3) is 0 Å². The molecule has 5 nitrogen and oxygen atoms in total. The maximum Gasteiger partial charge on any atom is 0.308 e. The molecule has 0 radical (unpaired) electrons. The molecule has 1 saturated carbocycles. The fourth-order valence-electron chi connectivity index (χ4n) is 2.21. The van der Waals surface area contributed by atoms with Crippen LogP contribution < -0.4 is 10.6 Å². The number of carbonyl (C=O) groups is 2. The molecule has 0 aliphatic heterocycles. The lowest BCUT2D eigenvalue weighted by molar-refractivity contribution is -0.143. The van der Waals surface area contributed by atoms with Crippen LogP contribution in [0.1, 0.15) is 39.0 Å². The second-order valence-electron chi connectivity index (χ2n) is 4.71. The Balaban J connectivity index is 2.63. The van der Waals surface area contributed by atoms with Gasteiger partial charge < -0.3 is 15.7 Å². The predicted molar refractivity (Wildman–Crippen MR) is 64.7 cm³/mol. The van der Waals surface area contributed by atoms with Gasteiger partial charge >= 0.3 is 5.97 Å². The summed E-state index contributed by atoms with van der Waals surface area (Å²) in [4.78, 5) is 22.9. The van der Waals surface area contributed by atoms with Gasteiger partial charge in [0.05, 0.1) is 12.0 Å². The Hall–Kier alpha value is -1.10. The maximum atomic E-state index is 11.8. The minimum Gasteiger partial charge on any atom is -0.481 e. The Kier molecular flexibility index (Phi) is 5.41. The summed E-state index contributed by atoms with van der Waals surface area (Å²) < 4.78 is 0. The second-order valence-corrected chi connectivity index (χ2v) is 4.71. The number of hydrogen-bond donors (Lipinski definition) is 3. The summed E-state index contributed by atoms with van der Waals surface area (Å²) in [5.41, 5.74) is 0. The van der Waals surface area contributed by atoms with Gasteiger partial charge in [0.1, 0.15) is 0 Å². The third-order valence-electron chi connectivity index (χ3n) is 3.49. The molecular weight excluding hydrogens is 220 g/mol. The van der Waals surface area contributed by atoms with Crippen molar-refractivity contribution >= 4 is 11.9 Å². The van der Waals surface area contributed by atoms with Crippen molar-refractivity contribution in [2.24, 2.45) is 5.92 Å². The summed E-state index contributed by atoms with van der Waals surface area (Å²) in [5.74, 6) is -1.36. The summed E-state index contributed by atoms with van der Waals surface area (Å²) in [5, 5.41) is 14.9. The van der Waals surface area contributed by atoms with Crippen molar-refractivity contribution in [1.29, 1.82) is 0 Å². The largest absolute Gasteiger partial charge is 0.481 e. The van der Waals surface area contributed by atoms with Crippen LogP contribution in [0, 0.1) is 5.92 Å². The number of hydrogen-bond acceptors (Lipinski definition) is 3. The summed E-state index contributed by atoms with van der Waals surface area (Å²) in [6.45, 7) is 1.77. The van der Waals surface area contributed by atoms with Crippen LogP contribution in [0.3, 0.4) is 0 Å². The second kappa shape index (κ2) is 6.59. The number of amides is 1. The van der Waals surface area contributed by atoms with E-state index < -0.39 is 11.9 Å². The first-order valence-electron chi connectivity index (χ1n) is 6.26. The molecule has 1 fully saturated rings. The van der Waals surface area contributed by atoms with Crippen molar-refractivity contribution in [3.05, 3.63) is 0 Å². The van der Waals surface area contributed by atoms with Gasteiger partial charge in [0.2, 0.25) is 5.91 Å². The minimum absolute atomic E-state index is 0.120. The highest BCUT2D eigenvalue weighted by Gasteiger charge is 2.31. The fourth-order valence-corrected chi connectivity index (χ4v) is 2.21. The van der Waals surface area contributed by atoms with Crippen molar-refractivity contribution in [2.45, 2.75) is 51.1 Å². The molecule has 0 saturated heterocycles. The number of aliphatic carboxylic acids is 1. The molecule has 3 atom stereocenters. The highest BCUT2D eigenvalue weighted by Crippen LogP contribution is 2.23. The van der Waals surface area contributed by atoms with Gasteiger partial charge in [-0.3, -0.25) is 9.59 Å². The van der Waals surface area contributed by atoms with Crippen LogP contribution in [0.2, 0.25) is 0 Å². The monoisotopic (exact) mass is 242 g/mol. The Labute approximate surface area is 102 Å². The van der Waals surface area contributed by atoms with Gasteiger partial charge in [-0.2, -0.15) is 0 Å². The molecule has 1 aliphatic carbocycles. The minimum atomic E-state index is -0.797. The molecule has 1 rings (SSSR count). The Morgan fingerprint density at radius 2 is 1.88 bits per heavy atom. The average molecular weight is 242 g/mol. The first-order valence-corrected chi connectivity index (χ1v) is 6.26. The van der Waals surface area contributed by atoms with E-state index >= 15 is 0 Å². The zero-order chi connectivity index (χ0) is 12.8. The summed E-state index contributed by atoms with van der Waals surface area (Å²) >= 11 is 0. The van der Waals surface area contributed by atoms with Crippen LogP contribution in [0.5, 0.6) is 0 Å². The molecule has 3 unspecified atom stereocenters. The van der Waals surface area contributed by atoms with Crippen molar-refractivity contribution < 1.29 is 14.7 Å². The van der Waals surface area contributed by atoms with Crippen molar-refractivity contribution in [3.63, 3.8) is 0 Å². The lowest BCUT2D eigenvalue weighted by atomic mass is 9.94. The molecule has 0 spiro atoms. The summed E-state index contributed by atoms with van der Waals surface area (Å²) in [6, 6.07) is -0.508. The Morgan fingerprint density at radius 3 is 2.47 bits per heavy atom. The van der Waals surface area contributed by atoms with Crippen LogP contribution in [0.4, 0.5) is 0 Å². The van der Waals surface area contributed by atoms with Crippen LogP contribution in [-0.4, -0.2) is 36.1 Å². The van der Waals surface area contributed by atoms with Gasteiger partial charge in [-0.15, -0.1) is 0 Å². The quantitative estimate of drug-likeness (QED) is 0.635. The normalized spacial score (nSPS) is 26.9. The molecule has 1 amide bonds. The van der Waals surface area contributed by atoms with E-state index in [4.69, 9.17) is 0 Å². The first-order chi connectivity index (χ1) is 8.06. The van der Waals surface area contributed by atoms with E-state index in [-0.39, 0.29) is 18.0 Å². The van der Waals surface area contributed by atoms with Gasteiger partial charge in [0.15, 0.2) is 0 Å². The van der Waals surface area contributed by atoms with Gasteiger partial charge in [-0.1, -0.05) is 19.3 Å². The molecule has 0 aromatic carbocycles. The lowest BCUT2D eigenvalue weighted by Gasteiger charge is -2.24. The van der Waals surface area contributed by atoms with Crippen molar-refractivity contribution in [2.75, 3.05) is 7.05 Å². The summed E-state index contributed by atoms with van der Waals surface area (Å²) in [7, 11) is 1.71. The van der Waals surface area contributed by atoms with Crippen molar-refractivity contribution in [3.8, 4) is 0 Å². The smallest absolute Gasteiger partial charge is 0.308 e. The third kappa shape index (κ3) is 4.00.